The Hall–Kier alpha value is -4.08. The van der Waals surface area contributed by atoms with Gasteiger partial charge in [0.15, 0.2) is 6.61 Å². The summed E-state index contributed by atoms with van der Waals surface area (Å²) in [7, 11) is 1.51. The van der Waals surface area contributed by atoms with Crippen LogP contribution in [0.5, 0.6) is 5.88 Å². The van der Waals surface area contributed by atoms with Gasteiger partial charge in [0.05, 0.1) is 31.0 Å². The number of nitro groups is 1. The first-order chi connectivity index (χ1) is 16.4. The molecule has 0 radical (unpaired) electrons. The Morgan fingerprint density at radius 2 is 2.18 bits per heavy atom. The molecule has 1 saturated heterocycles. The fraction of sp³-hybridized carbons (Fsp3) is 0.364. The first-order valence-corrected chi connectivity index (χ1v) is 10.4. The molecule has 1 aliphatic heterocycles. The van der Waals surface area contributed by atoms with Crippen LogP contribution in [0.15, 0.2) is 29.4 Å². The van der Waals surface area contributed by atoms with Gasteiger partial charge in [-0.3, -0.25) is 14.9 Å². The van der Waals surface area contributed by atoms with Crippen LogP contribution in [-0.4, -0.2) is 62.0 Å². The molecular weight excluding hydrogens is 444 g/mol. The number of anilines is 1. The van der Waals surface area contributed by atoms with E-state index >= 15 is 0 Å². The number of nitrogens with one attached hydrogen (secondary N) is 1. The number of benzene rings is 1. The lowest BCUT2D eigenvalue weighted by molar-refractivity contribution is -0.384. The van der Waals surface area contributed by atoms with E-state index in [9.17, 15) is 20.2 Å². The van der Waals surface area contributed by atoms with Crippen LogP contribution in [0.25, 0.3) is 0 Å². The van der Waals surface area contributed by atoms with E-state index < -0.39 is 17.4 Å². The van der Waals surface area contributed by atoms with Gasteiger partial charge >= 0.3 is 0 Å². The van der Waals surface area contributed by atoms with E-state index in [2.05, 4.69) is 15.5 Å². The number of amides is 1. The van der Waals surface area contributed by atoms with Crippen molar-refractivity contribution in [2.75, 3.05) is 44.9 Å². The number of aromatic nitrogens is 1. The quantitative estimate of drug-likeness (QED) is 0.329. The number of nitro benzene ring substituents is 1. The average molecular weight is 468 g/mol. The zero-order valence-corrected chi connectivity index (χ0v) is 18.8. The maximum atomic E-state index is 12.2. The van der Waals surface area contributed by atoms with Crippen molar-refractivity contribution in [1.82, 2.24) is 10.4 Å². The molecule has 1 amide bonds. The molecule has 12 heteroatoms. The Morgan fingerprint density at radius 1 is 1.41 bits per heavy atom. The van der Waals surface area contributed by atoms with Gasteiger partial charge in [-0.05, 0) is 19.1 Å². The van der Waals surface area contributed by atoms with Gasteiger partial charge in [-0.15, -0.1) is 0 Å². The second-order valence-corrected chi connectivity index (χ2v) is 7.33. The number of nitriles is 1. The maximum Gasteiger partial charge on any atom is 0.278 e. The van der Waals surface area contributed by atoms with Gasteiger partial charge in [0.2, 0.25) is 5.88 Å². The van der Waals surface area contributed by atoms with Crippen molar-refractivity contribution in [3.63, 3.8) is 0 Å². The van der Waals surface area contributed by atoms with Crippen LogP contribution in [-0.2, 0) is 20.9 Å². The van der Waals surface area contributed by atoms with E-state index in [0.717, 1.165) is 5.69 Å². The smallest absolute Gasteiger partial charge is 0.278 e. The normalized spacial score (nSPS) is 13.5. The third kappa shape index (κ3) is 6.25. The number of aryl methyl sites for hydroxylation is 1. The molecule has 1 N–H and O–H groups in total. The number of hydrogen-bond acceptors (Lipinski definition) is 10. The number of morpholine rings is 1. The van der Waals surface area contributed by atoms with Crippen molar-refractivity contribution in [1.29, 1.82) is 5.26 Å². The van der Waals surface area contributed by atoms with Crippen LogP contribution in [0.2, 0.25) is 0 Å². The minimum absolute atomic E-state index is 0.0296. The first kappa shape index (κ1) is 24.6. The highest BCUT2D eigenvalue weighted by Crippen LogP contribution is 2.25. The third-order valence-electron chi connectivity index (χ3n) is 4.91. The molecule has 3 rings (SSSR count). The molecule has 12 nitrogen and oxygen atoms in total. The predicted octanol–water partition coefficient (Wildman–Crippen LogP) is 1.68. The van der Waals surface area contributed by atoms with Crippen LogP contribution in [0.1, 0.15) is 22.4 Å². The number of pyridine rings is 1. The van der Waals surface area contributed by atoms with E-state index in [0.29, 0.717) is 43.1 Å². The van der Waals surface area contributed by atoms with Crippen molar-refractivity contribution in [2.24, 2.45) is 5.10 Å². The highest BCUT2D eigenvalue weighted by atomic mass is 16.6. The average Bonchev–Trinajstić information content (AvgIpc) is 2.83. The fourth-order valence-electron chi connectivity index (χ4n) is 3.39. The van der Waals surface area contributed by atoms with Crippen molar-refractivity contribution in [3.05, 3.63) is 56.8 Å². The molecule has 0 spiro atoms. The second kappa shape index (κ2) is 11.7. The highest BCUT2D eigenvalue weighted by molar-refractivity contribution is 5.90. The van der Waals surface area contributed by atoms with Gasteiger partial charge in [-0.25, -0.2) is 10.4 Å². The molecule has 0 aliphatic carbocycles. The Morgan fingerprint density at radius 3 is 2.85 bits per heavy atom. The number of non-ortho nitro benzene ring substituents is 1. The summed E-state index contributed by atoms with van der Waals surface area (Å²) < 4.78 is 15.9. The molecule has 0 atom stereocenters. The van der Waals surface area contributed by atoms with Crippen LogP contribution in [0.4, 0.5) is 11.4 Å². The SMILES string of the molecule is COCc1cc(C)nc(OCC(=O)N/N=C\c2cc([N+](=O)[O-])ccc2N2CCOCC2)c1C#N. The molecule has 1 aromatic heterocycles. The lowest BCUT2D eigenvalue weighted by Crippen LogP contribution is -2.36. The van der Waals surface area contributed by atoms with Crippen LogP contribution >= 0.6 is 0 Å². The van der Waals surface area contributed by atoms with E-state index in [1.165, 1.54) is 25.5 Å². The summed E-state index contributed by atoms with van der Waals surface area (Å²) in [5.41, 5.74) is 4.87. The Bertz CT molecular complexity index is 1120. The standard InChI is InChI=1S/C22H24N6O6/c1-15-9-17(13-32-2)19(11-23)22(25-15)34-14-21(29)26-24-12-16-10-18(28(30)31)3-4-20(16)27-5-7-33-8-6-27/h3-4,9-10,12H,5-8,13-14H2,1-2H3,(H,26,29)/b24-12-. The van der Waals surface area contributed by atoms with Crippen LogP contribution in [0, 0.1) is 28.4 Å². The Kier molecular flexibility index (Phi) is 8.44. The Balaban J connectivity index is 1.69. The molecule has 0 bridgehead atoms. The molecule has 178 valence electrons. The van der Waals surface area contributed by atoms with E-state index in [-0.39, 0.29) is 23.7 Å². The molecule has 2 heterocycles. The second-order valence-electron chi connectivity index (χ2n) is 7.33. The van der Waals surface area contributed by atoms with Crippen molar-refractivity contribution in [3.8, 4) is 11.9 Å². The van der Waals surface area contributed by atoms with Crippen molar-refractivity contribution in [2.45, 2.75) is 13.5 Å². The zero-order valence-electron chi connectivity index (χ0n) is 18.8. The number of nitrogens with zero attached hydrogens (tertiary/aromatic N) is 5. The van der Waals surface area contributed by atoms with Gasteiger partial charge in [-0.1, -0.05) is 0 Å². The summed E-state index contributed by atoms with van der Waals surface area (Å²) in [5.74, 6) is -0.558. The predicted molar refractivity (Wildman–Crippen MR) is 122 cm³/mol. The number of methoxy groups -OCH3 is 1. The zero-order chi connectivity index (χ0) is 24.5. The lowest BCUT2D eigenvalue weighted by atomic mass is 10.1. The molecule has 0 saturated carbocycles. The van der Waals surface area contributed by atoms with Crippen LogP contribution in [0.3, 0.4) is 0 Å². The number of hydrazone groups is 1. The van der Waals surface area contributed by atoms with Gasteiger partial charge in [0, 0.05) is 54.8 Å². The maximum absolute atomic E-state index is 12.2. The summed E-state index contributed by atoms with van der Waals surface area (Å²) in [5, 5.41) is 24.5. The number of ether oxygens (including phenoxy) is 3. The summed E-state index contributed by atoms with van der Waals surface area (Å²) in [6.07, 6.45) is 1.35. The van der Waals surface area contributed by atoms with E-state index in [1.54, 1.807) is 19.1 Å². The number of rotatable bonds is 9. The minimum atomic E-state index is -0.588. The Labute approximate surface area is 195 Å². The van der Waals surface area contributed by atoms with Crippen molar-refractivity contribution >= 4 is 23.5 Å². The van der Waals surface area contributed by atoms with Gasteiger partial charge in [-0.2, -0.15) is 10.4 Å². The minimum Gasteiger partial charge on any atom is -0.467 e. The summed E-state index contributed by atoms with van der Waals surface area (Å²) >= 11 is 0. The lowest BCUT2D eigenvalue weighted by Gasteiger charge is -2.29. The largest absolute Gasteiger partial charge is 0.467 e. The molecule has 34 heavy (non-hydrogen) atoms. The van der Waals surface area contributed by atoms with Gasteiger partial charge in [0.1, 0.15) is 11.6 Å². The van der Waals surface area contributed by atoms with Crippen LogP contribution < -0.4 is 15.1 Å². The molecule has 2 aromatic rings. The highest BCUT2D eigenvalue weighted by Gasteiger charge is 2.18. The first-order valence-electron chi connectivity index (χ1n) is 10.4. The third-order valence-corrected chi connectivity index (χ3v) is 4.91. The molecule has 1 aromatic carbocycles. The number of carbonyl (C=O) groups excluding carboxylic acids is 1. The molecular formula is C22H24N6O6. The summed E-state index contributed by atoms with van der Waals surface area (Å²) in [6.45, 7) is 3.87. The number of hydrogen-bond donors (Lipinski definition) is 1. The molecule has 0 unspecified atom stereocenters. The van der Waals surface area contributed by atoms with Crippen molar-refractivity contribution < 1.29 is 23.9 Å². The summed E-state index contributed by atoms with van der Waals surface area (Å²) in [6, 6.07) is 8.20. The topological polar surface area (TPSA) is 152 Å². The van der Waals surface area contributed by atoms with Gasteiger partial charge in [0.25, 0.3) is 11.6 Å². The fourth-order valence-corrected chi connectivity index (χ4v) is 3.39. The van der Waals surface area contributed by atoms with E-state index in [1.807, 2.05) is 11.0 Å². The monoisotopic (exact) mass is 468 g/mol. The molecule has 1 fully saturated rings. The van der Waals surface area contributed by atoms with Gasteiger partial charge < -0.3 is 19.1 Å². The number of carbonyl (C=O) groups is 1. The summed E-state index contributed by atoms with van der Waals surface area (Å²) in [4.78, 5) is 29.1. The van der Waals surface area contributed by atoms with E-state index in [4.69, 9.17) is 14.2 Å². The molecule has 1 aliphatic rings.